The maximum absolute atomic E-state index is 13.7. The van der Waals surface area contributed by atoms with Crippen molar-refractivity contribution in [1.82, 2.24) is 5.32 Å². The van der Waals surface area contributed by atoms with Crippen molar-refractivity contribution in [2.45, 2.75) is 37.0 Å². The third-order valence-corrected chi connectivity index (χ3v) is 8.83. The van der Waals surface area contributed by atoms with Gasteiger partial charge in [0, 0.05) is 34.4 Å². The van der Waals surface area contributed by atoms with Gasteiger partial charge in [0.2, 0.25) is 11.8 Å². The van der Waals surface area contributed by atoms with E-state index in [1.807, 2.05) is 73.7 Å². The largest absolute Gasteiger partial charge is 0.489 e. The van der Waals surface area contributed by atoms with Gasteiger partial charge in [-0.15, -0.1) is 11.8 Å². The van der Waals surface area contributed by atoms with Gasteiger partial charge in [-0.1, -0.05) is 73.7 Å². The van der Waals surface area contributed by atoms with Gasteiger partial charge < -0.3 is 26.0 Å². The molecule has 9 nitrogen and oxygen atoms in total. The Bertz CT molecular complexity index is 1980. The van der Waals surface area contributed by atoms with Gasteiger partial charge in [-0.3, -0.25) is 19.2 Å². The van der Waals surface area contributed by atoms with E-state index in [2.05, 4.69) is 21.3 Å². The molecule has 51 heavy (non-hydrogen) atoms. The van der Waals surface area contributed by atoms with E-state index in [9.17, 15) is 19.2 Å². The summed E-state index contributed by atoms with van der Waals surface area (Å²) in [5, 5.41) is 10.9. The lowest BCUT2D eigenvalue weighted by Crippen LogP contribution is -2.30. The summed E-state index contributed by atoms with van der Waals surface area (Å²) in [6.07, 6.45) is 2.17. The normalized spacial score (nSPS) is 11.5. The summed E-state index contributed by atoms with van der Waals surface area (Å²) in [6.45, 7) is 3.78. The van der Waals surface area contributed by atoms with Gasteiger partial charge in [-0.05, 0) is 90.4 Å². The van der Waals surface area contributed by atoms with E-state index >= 15 is 0 Å². The fourth-order valence-electron chi connectivity index (χ4n) is 4.91. The van der Waals surface area contributed by atoms with E-state index in [0.29, 0.717) is 47.0 Å². The molecule has 0 bridgehead atoms. The minimum absolute atomic E-state index is 0.0511. The first-order chi connectivity index (χ1) is 24.7. The molecule has 4 amide bonds. The van der Waals surface area contributed by atoms with Crippen molar-refractivity contribution in [3.8, 4) is 5.75 Å². The van der Waals surface area contributed by atoms with Gasteiger partial charge in [0.05, 0.1) is 5.25 Å². The number of anilines is 3. The van der Waals surface area contributed by atoms with Crippen LogP contribution in [0.2, 0.25) is 0 Å². The van der Waals surface area contributed by atoms with E-state index < -0.39 is 17.1 Å². The Labute approximate surface area is 301 Å². The third-order valence-electron chi connectivity index (χ3n) is 7.47. The van der Waals surface area contributed by atoms with Crippen LogP contribution in [-0.2, 0) is 21.0 Å². The summed E-state index contributed by atoms with van der Waals surface area (Å²) in [4.78, 5) is 52.0. The van der Waals surface area contributed by atoms with Crippen LogP contribution in [0.25, 0.3) is 6.08 Å². The van der Waals surface area contributed by atoms with Crippen molar-refractivity contribution in [3.63, 3.8) is 0 Å². The van der Waals surface area contributed by atoms with Crippen LogP contribution in [-0.4, -0.2) is 28.9 Å². The molecule has 0 heterocycles. The highest BCUT2D eigenvalue weighted by molar-refractivity contribution is 8.00. The predicted octanol–water partition coefficient (Wildman–Crippen LogP) is 8.14. The first-order valence-electron chi connectivity index (χ1n) is 16.4. The molecule has 1 atom stereocenters. The lowest BCUT2D eigenvalue weighted by Gasteiger charge is -2.16. The zero-order valence-electron chi connectivity index (χ0n) is 28.2. The van der Waals surface area contributed by atoms with Crippen LogP contribution in [0.5, 0.6) is 5.75 Å². The minimum Gasteiger partial charge on any atom is -0.489 e. The molecule has 1 unspecified atom stereocenters. The number of carbonyl (C=O) groups excluding carboxylic acids is 4. The third kappa shape index (κ3) is 11.2. The number of hydrogen-bond donors (Lipinski definition) is 4. The maximum atomic E-state index is 13.7. The molecule has 0 saturated heterocycles. The summed E-state index contributed by atoms with van der Waals surface area (Å²) < 4.78 is 5.90. The van der Waals surface area contributed by atoms with Gasteiger partial charge in [0.1, 0.15) is 18.1 Å². The van der Waals surface area contributed by atoms with Crippen LogP contribution in [0.15, 0.2) is 144 Å². The second kappa shape index (κ2) is 18.0. The number of thioether (sulfide) groups is 1. The fourth-order valence-corrected chi connectivity index (χ4v) is 5.92. The number of nitrogens with one attached hydrogen (secondary N) is 4. The van der Waals surface area contributed by atoms with Crippen molar-refractivity contribution < 1.29 is 23.9 Å². The van der Waals surface area contributed by atoms with Crippen LogP contribution in [0.1, 0.15) is 41.8 Å². The van der Waals surface area contributed by atoms with Gasteiger partial charge in [-0.25, -0.2) is 0 Å². The highest BCUT2D eigenvalue weighted by Crippen LogP contribution is 2.29. The number of hydrogen-bond acceptors (Lipinski definition) is 6. The smallest absolute Gasteiger partial charge is 0.272 e. The number of rotatable bonds is 14. The molecular weight excluding hydrogens is 661 g/mol. The second-order valence-corrected chi connectivity index (χ2v) is 12.7. The van der Waals surface area contributed by atoms with Gasteiger partial charge in [-0.2, -0.15) is 0 Å². The van der Waals surface area contributed by atoms with Crippen LogP contribution >= 0.6 is 11.8 Å². The zero-order chi connectivity index (χ0) is 36.0. The van der Waals surface area contributed by atoms with Gasteiger partial charge in [0.15, 0.2) is 0 Å². The molecule has 5 aromatic carbocycles. The second-order valence-electron chi connectivity index (χ2n) is 11.5. The van der Waals surface area contributed by atoms with Crippen LogP contribution < -0.4 is 26.0 Å². The Hall–Kier alpha value is -6.13. The number of carbonyl (C=O) groups is 4. The molecule has 0 radical (unpaired) electrons. The highest BCUT2D eigenvalue weighted by Gasteiger charge is 2.20. The van der Waals surface area contributed by atoms with Crippen molar-refractivity contribution in [2.24, 2.45) is 0 Å². The molecule has 258 valence electrons. The number of ether oxygens (including phenoxy) is 1. The molecular formula is C41H38N4O5S. The summed E-state index contributed by atoms with van der Waals surface area (Å²) in [5.74, 6) is -0.616. The monoisotopic (exact) mass is 698 g/mol. The Morgan fingerprint density at radius 3 is 2.00 bits per heavy atom. The SMILES string of the molecule is CCC(Sc1cccc(NC(=O)/C(=C/c2ccc(OCc3ccccc3)cc2)NC(=O)c2ccccc2)c1)C(=O)Nc1ccc(NC(C)=O)cc1. The Morgan fingerprint density at radius 2 is 1.35 bits per heavy atom. The van der Waals surface area contributed by atoms with Crippen molar-refractivity contribution in [1.29, 1.82) is 0 Å². The molecule has 0 aliphatic rings. The van der Waals surface area contributed by atoms with E-state index in [4.69, 9.17) is 4.74 Å². The standard InChI is InChI=1S/C41H38N4O5S/c1-3-38(41(49)43-33-21-19-32(20-22-33)42-28(2)46)51-36-16-10-15-34(26-36)44-40(48)37(45-39(47)31-13-8-5-9-14-31)25-29-17-23-35(24-18-29)50-27-30-11-6-4-7-12-30/h4-26,38H,3,27H2,1-2H3,(H,42,46)(H,43,49)(H,44,48)(H,45,47)/b37-25-. The molecule has 0 aliphatic heterocycles. The summed E-state index contributed by atoms with van der Waals surface area (Å²) >= 11 is 1.38. The van der Waals surface area contributed by atoms with Gasteiger partial charge >= 0.3 is 0 Å². The fraction of sp³-hybridized carbons (Fsp3) is 0.122. The van der Waals surface area contributed by atoms with Crippen molar-refractivity contribution in [3.05, 3.63) is 156 Å². The molecule has 0 aliphatic carbocycles. The zero-order valence-corrected chi connectivity index (χ0v) is 29.0. The lowest BCUT2D eigenvalue weighted by atomic mass is 10.1. The average Bonchev–Trinajstić information content (AvgIpc) is 3.14. The van der Waals surface area contributed by atoms with Crippen LogP contribution in [0, 0.1) is 0 Å². The van der Waals surface area contributed by atoms with Crippen LogP contribution in [0.3, 0.4) is 0 Å². The topological polar surface area (TPSA) is 126 Å². The quantitative estimate of drug-likeness (QED) is 0.0686. The summed E-state index contributed by atoms with van der Waals surface area (Å²) in [7, 11) is 0. The Kier molecular flexibility index (Phi) is 12.8. The molecule has 0 fully saturated rings. The highest BCUT2D eigenvalue weighted by atomic mass is 32.2. The first-order valence-corrected chi connectivity index (χ1v) is 17.2. The maximum Gasteiger partial charge on any atom is 0.272 e. The lowest BCUT2D eigenvalue weighted by molar-refractivity contribution is -0.116. The van der Waals surface area contributed by atoms with Crippen LogP contribution in [0.4, 0.5) is 17.1 Å². The molecule has 5 aromatic rings. The minimum atomic E-state index is -0.515. The molecule has 4 N–H and O–H groups in total. The predicted molar refractivity (Wildman–Crippen MR) is 203 cm³/mol. The van der Waals surface area contributed by atoms with E-state index in [0.717, 1.165) is 10.5 Å². The van der Waals surface area contributed by atoms with Crippen molar-refractivity contribution in [2.75, 3.05) is 16.0 Å². The number of amides is 4. The van der Waals surface area contributed by atoms with E-state index in [1.54, 1.807) is 72.8 Å². The van der Waals surface area contributed by atoms with E-state index in [-0.39, 0.29) is 17.5 Å². The van der Waals surface area contributed by atoms with E-state index in [1.165, 1.54) is 18.7 Å². The Balaban J connectivity index is 1.27. The molecule has 0 saturated carbocycles. The van der Waals surface area contributed by atoms with Gasteiger partial charge in [0.25, 0.3) is 11.8 Å². The summed E-state index contributed by atoms with van der Waals surface area (Å²) in [5.41, 5.74) is 3.94. The summed E-state index contributed by atoms with van der Waals surface area (Å²) in [6, 6.07) is 39.9. The molecule has 5 rings (SSSR count). The number of benzene rings is 5. The average molecular weight is 699 g/mol. The first kappa shape index (κ1) is 36.2. The Morgan fingerprint density at radius 1 is 0.706 bits per heavy atom. The molecule has 0 spiro atoms. The van der Waals surface area contributed by atoms with Crippen molar-refractivity contribution >= 4 is 58.5 Å². The molecule has 10 heteroatoms. The molecule has 0 aromatic heterocycles.